The Hall–Kier alpha value is -2.06. The van der Waals surface area contributed by atoms with Gasteiger partial charge in [-0.3, -0.25) is 14.4 Å². The van der Waals surface area contributed by atoms with Crippen LogP contribution < -0.4 is 10.6 Å². The van der Waals surface area contributed by atoms with Gasteiger partial charge in [-0.25, -0.2) is 0 Å². The molecule has 7 atom stereocenters. The highest BCUT2D eigenvalue weighted by molar-refractivity contribution is 8.02. The van der Waals surface area contributed by atoms with Crippen LogP contribution in [0, 0.1) is 17.8 Å². The molecule has 3 unspecified atom stereocenters. The molecule has 3 amide bonds. The van der Waals surface area contributed by atoms with E-state index in [0.717, 1.165) is 18.4 Å². The Labute approximate surface area is 206 Å². The Balaban J connectivity index is 1.82. The van der Waals surface area contributed by atoms with Crippen molar-refractivity contribution in [2.24, 2.45) is 17.8 Å². The lowest BCUT2D eigenvalue weighted by Crippen LogP contribution is -2.59. The number of benzene rings is 1. The monoisotopic (exact) mass is 487 g/mol. The molecule has 186 valence electrons. The Morgan fingerprint density at radius 2 is 1.91 bits per heavy atom. The van der Waals surface area contributed by atoms with E-state index < -0.39 is 34.2 Å². The number of rotatable bonds is 7. The summed E-state index contributed by atoms with van der Waals surface area (Å²) in [6, 6.07) is 7.94. The summed E-state index contributed by atoms with van der Waals surface area (Å²) >= 11 is 1.65. The number of carbonyl (C=O) groups excluding carboxylic acids is 3. The number of nitrogens with one attached hydrogen (secondary N) is 2. The number of thioether (sulfide) groups is 1. The highest BCUT2D eigenvalue weighted by atomic mass is 32.2. The van der Waals surface area contributed by atoms with Crippen LogP contribution in [0.2, 0.25) is 0 Å². The molecule has 3 heterocycles. The van der Waals surface area contributed by atoms with Gasteiger partial charge in [0.25, 0.3) is 0 Å². The molecule has 3 aliphatic rings. The van der Waals surface area contributed by atoms with Gasteiger partial charge in [0.05, 0.1) is 29.2 Å². The molecule has 0 aliphatic carbocycles. The average Bonchev–Trinajstić information content (AvgIpc) is 3.36. The minimum absolute atomic E-state index is 0.0113. The number of aliphatic hydroxyl groups excluding tert-OH is 1. The first kappa shape index (κ1) is 25.0. The Morgan fingerprint density at radius 1 is 1.24 bits per heavy atom. The van der Waals surface area contributed by atoms with E-state index in [9.17, 15) is 19.5 Å². The van der Waals surface area contributed by atoms with Gasteiger partial charge in [0.1, 0.15) is 6.04 Å². The standard InChI is InChI=1S/C26H37N3O4S/c1-6-12-27-22(31)19-18-13-15(2)26(34-18)20(19)24(33)29(21(26)23(32)28-25(3,4)5)17(14-30)16-10-8-7-9-11-16/h7-11,15,17-21,30H,6,12-14H2,1-5H3,(H,27,31)(H,28,32)/t15?,17-,18-,19+,20+,21?,26?/m1/s1. The van der Waals surface area contributed by atoms with E-state index in [1.54, 1.807) is 16.7 Å². The first-order chi connectivity index (χ1) is 16.1. The van der Waals surface area contributed by atoms with Crippen LogP contribution in [0.1, 0.15) is 59.1 Å². The van der Waals surface area contributed by atoms with E-state index in [-0.39, 0.29) is 35.5 Å². The fraction of sp³-hybridized carbons (Fsp3) is 0.654. The smallest absolute Gasteiger partial charge is 0.244 e. The van der Waals surface area contributed by atoms with Crippen molar-refractivity contribution in [1.29, 1.82) is 0 Å². The van der Waals surface area contributed by atoms with E-state index in [1.165, 1.54) is 0 Å². The molecule has 0 saturated carbocycles. The zero-order chi connectivity index (χ0) is 24.8. The lowest BCUT2D eigenvalue weighted by atomic mass is 9.65. The summed E-state index contributed by atoms with van der Waals surface area (Å²) in [5.41, 5.74) is 0.298. The van der Waals surface area contributed by atoms with Crippen LogP contribution in [0.5, 0.6) is 0 Å². The Kier molecular flexibility index (Phi) is 6.77. The molecule has 8 heteroatoms. The molecule has 34 heavy (non-hydrogen) atoms. The summed E-state index contributed by atoms with van der Waals surface area (Å²) in [5.74, 6) is -1.48. The first-order valence-corrected chi connectivity index (χ1v) is 13.2. The summed E-state index contributed by atoms with van der Waals surface area (Å²) in [7, 11) is 0. The third-order valence-electron chi connectivity index (χ3n) is 7.47. The van der Waals surface area contributed by atoms with E-state index in [1.807, 2.05) is 58.0 Å². The number of hydrogen-bond donors (Lipinski definition) is 3. The third-order valence-corrected chi connectivity index (χ3v) is 9.55. The molecule has 3 aliphatic heterocycles. The number of amides is 3. The maximum atomic E-state index is 14.2. The number of fused-ring (bicyclic) bond motifs is 1. The maximum absolute atomic E-state index is 14.2. The molecule has 3 N–H and O–H groups in total. The number of carbonyl (C=O) groups is 3. The van der Waals surface area contributed by atoms with Crippen LogP contribution in [0.3, 0.4) is 0 Å². The maximum Gasteiger partial charge on any atom is 0.244 e. The van der Waals surface area contributed by atoms with Gasteiger partial charge in [0.15, 0.2) is 0 Å². The molecule has 2 bridgehead atoms. The molecule has 1 spiro atoms. The van der Waals surface area contributed by atoms with Crippen LogP contribution in [-0.4, -0.2) is 62.5 Å². The van der Waals surface area contributed by atoms with Gasteiger partial charge < -0.3 is 20.6 Å². The second kappa shape index (κ2) is 9.19. The average molecular weight is 488 g/mol. The quantitative estimate of drug-likeness (QED) is 0.549. The number of hydrogen-bond acceptors (Lipinski definition) is 5. The van der Waals surface area contributed by atoms with Crippen molar-refractivity contribution < 1.29 is 19.5 Å². The van der Waals surface area contributed by atoms with Crippen LogP contribution >= 0.6 is 11.8 Å². The summed E-state index contributed by atoms with van der Waals surface area (Å²) in [6.45, 7) is 10.1. The highest BCUT2D eigenvalue weighted by Crippen LogP contribution is 2.69. The highest BCUT2D eigenvalue weighted by Gasteiger charge is 2.76. The molecule has 0 aromatic heterocycles. The summed E-state index contributed by atoms with van der Waals surface area (Å²) in [4.78, 5) is 43.0. The molecule has 3 fully saturated rings. The first-order valence-electron chi connectivity index (χ1n) is 12.3. The lowest BCUT2D eigenvalue weighted by Gasteiger charge is -2.41. The van der Waals surface area contributed by atoms with Gasteiger partial charge in [-0.2, -0.15) is 0 Å². The zero-order valence-electron chi connectivity index (χ0n) is 20.7. The summed E-state index contributed by atoms with van der Waals surface area (Å²) in [5, 5.41) is 16.6. The predicted octanol–water partition coefficient (Wildman–Crippen LogP) is 2.50. The molecule has 1 aromatic rings. The minimum Gasteiger partial charge on any atom is -0.394 e. The second-order valence-electron chi connectivity index (χ2n) is 10.9. The normalized spacial score (nSPS) is 33.1. The van der Waals surface area contributed by atoms with Crippen LogP contribution in [-0.2, 0) is 14.4 Å². The van der Waals surface area contributed by atoms with Crippen molar-refractivity contribution in [1.82, 2.24) is 15.5 Å². The largest absolute Gasteiger partial charge is 0.394 e. The zero-order valence-corrected chi connectivity index (χ0v) is 21.5. The van der Waals surface area contributed by atoms with Crippen molar-refractivity contribution in [2.45, 2.75) is 75.1 Å². The number of aliphatic hydroxyl groups is 1. The van der Waals surface area contributed by atoms with Crippen molar-refractivity contribution in [3.8, 4) is 0 Å². The number of nitrogens with zero attached hydrogens (tertiary/aromatic N) is 1. The molecule has 0 radical (unpaired) electrons. The van der Waals surface area contributed by atoms with Crippen molar-refractivity contribution >= 4 is 29.5 Å². The lowest BCUT2D eigenvalue weighted by molar-refractivity contribution is -0.143. The van der Waals surface area contributed by atoms with Gasteiger partial charge >= 0.3 is 0 Å². The summed E-state index contributed by atoms with van der Waals surface area (Å²) < 4.78 is -0.701. The molecule has 4 rings (SSSR count). The van der Waals surface area contributed by atoms with Crippen molar-refractivity contribution in [3.63, 3.8) is 0 Å². The predicted molar refractivity (Wildman–Crippen MR) is 133 cm³/mol. The van der Waals surface area contributed by atoms with Crippen LogP contribution in [0.4, 0.5) is 0 Å². The Bertz CT molecular complexity index is 949. The van der Waals surface area contributed by atoms with Gasteiger partial charge in [-0.15, -0.1) is 11.8 Å². The fourth-order valence-electron chi connectivity index (χ4n) is 6.23. The van der Waals surface area contributed by atoms with Gasteiger partial charge in [0, 0.05) is 17.3 Å². The SMILES string of the molecule is CCCNC(=O)[C@@H]1[C@H]2C(=O)N([C@H](CO)c3ccccc3)C(C(=O)NC(C)(C)C)C23S[C@@H]1CC3C. The molecular formula is C26H37N3O4S. The molecule has 7 nitrogen and oxygen atoms in total. The topological polar surface area (TPSA) is 98.7 Å². The number of likely N-dealkylation sites (tertiary alicyclic amines) is 1. The fourth-order valence-corrected chi connectivity index (χ4v) is 8.64. The van der Waals surface area contributed by atoms with E-state index >= 15 is 0 Å². The van der Waals surface area contributed by atoms with Gasteiger partial charge in [-0.05, 0) is 45.1 Å². The van der Waals surface area contributed by atoms with E-state index in [0.29, 0.717) is 6.54 Å². The molecular weight excluding hydrogens is 450 g/mol. The molecule has 3 saturated heterocycles. The summed E-state index contributed by atoms with van der Waals surface area (Å²) in [6.07, 6.45) is 1.61. The second-order valence-corrected chi connectivity index (χ2v) is 12.5. The van der Waals surface area contributed by atoms with Crippen LogP contribution in [0.15, 0.2) is 30.3 Å². The van der Waals surface area contributed by atoms with Crippen LogP contribution in [0.25, 0.3) is 0 Å². The van der Waals surface area contributed by atoms with E-state index in [4.69, 9.17) is 0 Å². The van der Waals surface area contributed by atoms with Crippen molar-refractivity contribution in [2.75, 3.05) is 13.2 Å². The van der Waals surface area contributed by atoms with Gasteiger partial charge in [0.2, 0.25) is 17.7 Å². The van der Waals surface area contributed by atoms with Gasteiger partial charge in [-0.1, -0.05) is 44.2 Å². The van der Waals surface area contributed by atoms with E-state index in [2.05, 4.69) is 17.6 Å². The molecule has 1 aromatic carbocycles. The Morgan fingerprint density at radius 3 is 2.50 bits per heavy atom. The third kappa shape index (κ3) is 3.92. The minimum atomic E-state index is -0.768. The van der Waals surface area contributed by atoms with Crippen molar-refractivity contribution in [3.05, 3.63) is 35.9 Å².